The van der Waals surface area contributed by atoms with Crippen LogP contribution in [0.2, 0.25) is 0 Å². The molecule has 4 aromatic rings. The average molecular weight is 444 g/mol. The molecule has 10 nitrogen and oxygen atoms in total. The smallest absolute Gasteiger partial charge is 0.225 e. The predicted molar refractivity (Wildman–Crippen MR) is 127 cm³/mol. The molecule has 1 saturated heterocycles. The lowest BCUT2D eigenvalue weighted by atomic mass is 10.2. The Hall–Kier alpha value is -4.21. The Morgan fingerprint density at radius 2 is 1.45 bits per heavy atom. The first-order chi connectivity index (χ1) is 16.2. The molecule has 0 amide bonds. The molecule has 1 fully saturated rings. The number of fused-ring (bicyclic) bond motifs is 1. The second-order valence-corrected chi connectivity index (χ2v) is 7.53. The van der Waals surface area contributed by atoms with E-state index in [9.17, 15) is 0 Å². The van der Waals surface area contributed by atoms with Crippen molar-refractivity contribution in [3.05, 3.63) is 55.4 Å². The van der Waals surface area contributed by atoms with Gasteiger partial charge in [-0.15, -0.1) is 0 Å². The van der Waals surface area contributed by atoms with E-state index in [-0.39, 0.29) is 0 Å². The molecule has 168 valence electrons. The van der Waals surface area contributed by atoms with Gasteiger partial charge in [0.2, 0.25) is 5.95 Å². The number of nitrogens with one attached hydrogen (secondary N) is 1. The van der Waals surface area contributed by atoms with Crippen LogP contribution in [0.3, 0.4) is 0 Å². The lowest BCUT2D eigenvalue weighted by molar-refractivity contribution is 0.356. The van der Waals surface area contributed by atoms with Crippen molar-refractivity contribution < 1.29 is 9.47 Å². The fourth-order valence-electron chi connectivity index (χ4n) is 3.89. The van der Waals surface area contributed by atoms with Crippen LogP contribution in [0, 0.1) is 0 Å². The number of pyridine rings is 1. The maximum atomic E-state index is 5.48. The minimum absolute atomic E-state index is 0.651. The molecular formula is C23H24N8O2. The molecule has 33 heavy (non-hydrogen) atoms. The summed E-state index contributed by atoms with van der Waals surface area (Å²) in [5.41, 5.74) is 2.60. The zero-order valence-electron chi connectivity index (χ0n) is 18.5. The number of piperazine rings is 1. The number of hydrogen-bond donors (Lipinski definition) is 1. The normalized spacial score (nSPS) is 13.8. The van der Waals surface area contributed by atoms with Crippen molar-refractivity contribution in [3.63, 3.8) is 0 Å². The molecule has 5 rings (SSSR count). The van der Waals surface area contributed by atoms with Gasteiger partial charge in [-0.1, -0.05) is 0 Å². The minimum Gasteiger partial charge on any atom is -0.493 e. The van der Waals surface area contributed by atoms with Gasteiger partial charge in [0.25, 0.3) is 0 Å². The summed E-state index contributed by atoms with van der Waals surface area (Å²) in [6.45, 7) is 3.16. The van der Waals surface area contributed by atoms with Crippen LogP contribution in [-0.2, 0) is 0 Å². The summed E-state index contributed by atoms with van der Waals surface area (Å²) < 4.78 is 10.9. The van der Waals surface area contributed by atoms with E-state index in [1.54, 1.807) is 45.3 Å². The third kappa shape index (κ3) is 4.27. The molecule has 3 aromatic heterocycles. The number of nitrogens with zero attached hydrogens (tertiary/aromatic N) is 7. The monoisotopic (exact) mass is 444 g/mol. The second-order valence-electron chi connectivity index (χ2n) is 7.53. The van der Waals surface area contributed by atoms with Gasteiger partial charge in [0.05, 0.1) is 37.8 Å². The summed E-state index contributed by atoms with van der Waals surface area (Å²) in [5.74, 6) is 2.92. The maximum absolute atomic E-state index is 5.48. The molecular weight excluding hydrogens is 420 g/mol. The second kappa shape index (κ2) is 9.11. The van der Waals surface area contributed by atoms with Crippen molar-refractivity contribution in [1.82, 2.24) is 24.9 Å². The highest BCUT2D eigenvalue weighted by molar-refractivity contribution is 5.92. The Kier molecular flexibility index (Phi) is 5.71. The first kappa shape index (κ1) is 20.7. The molecule has 10 heteroatoms. The SMILES string of the molecule is COc1cc2ncnc(N3CCN(c4ncc(Nc5ccncc5)cn4)CC3)c2cc1OC. The Morgan fingerprint density at radius 3 is 2.15 bits per heavy atom. The number of aromatic nitrogens is 5. The van der Waals surface area contributed by atoms with Gasteiger partial charge in [0.15, 0.2) is 11.5 Å². The van der Waals surface area contributed by atoms with Crippen LogP contribution in [-0.4, -0.2) is 65.3 Å². The molecule has 4 heterocycles. The number of hydrogen-bond acceptors (Lipinski definition) is 10. The van der Waals surface area contributed by atoms with Crippen molar-refractivity contribution in [2.75, 3.05) is 55.5 Å². The lowest BCUT2D eigenvalue weighted by Crippen LogP contribution is -2.47. The average Bonchev–Trinajstić information content (AvgIpc) is 2.88. The Bertz CT molecular complexity index is 1230. The van der Waals surface area contributed by atoms with Crippen LogP contribution in [0.25, 0.3) is 10.9 Å². The number of methoxy groups -OCH3 is 2. The highest BCUT2D eigenvalue weighted by Crippen LogP contribution is 2.35. The number of benzene rings is 1. The maximum Gasteiger partial charge on any atom is 0.225 e. The molecule has 1 aliphatic rings. The van der Waals surface area contributed by atoms with Gasteiger partial charge in [-0.3, -0.25) is 4.98 Å². The third-order valence-corrected chi connectivity index (χ3v) is 5.59. The van der Waals surface area contributed by atoms with Gasteiger partial charge in [0, 0.05) is 55.7 Å². The lowest BCUT2D eigenvalue weighted by Gasteiger charge is -2.35. The molecule has 1 N–H and O–H groups in total. The van der Waals surface area contributed by atoms with Crippen LogP contribution in [0.1, 0.15) is 0 Å². The van der Waals surface area contributed by atoms with Crippen LogP contribution < -0.4 is 24.6 Å². The van der Waals surface area contributed by atoms with Crippen molar-refractivity contribution in [1.29, 1.82) is 0 Å². The van der Waals surface area contributed by atoms with E-state index < -0.39 is 0 Å². The van der Waals surface area contributed by atoms with Gasteiger partial charge in [0.1, 0.15) is 12.1 Å². The van der Waals surface area contributed by atoms with Crippen molar-refractivity contribution in [3.8, 4) is 11.5 Å². The summed E-state index contributed by atoms with van der Waals surface area (Å²) in [6.07, 6.45) is 8.67. The molecule has 0 bridgehead atoms. The van der Waals surface area contributed by atoms with Gasteiger partial charge < -0.3 is 24.6 Å². The van der Waals surface area contributed by atoms with E-state index >= 15 is 0 Å². The van der Waals surface area contributed by atoms with E-state index in [1.807, 2.05) is 24.3 Å². The fourth-order valence-corrected chi connectivity index (χ4v) is 3.89. The summed E-state index contributed by atoms with van der Waals surface area (Å²) in [6, 6.07) is 7.61. The van der Waals surface area contributed by atoms with Gasteiger partial charge >= 0.3 is 0 Å². The highest BCUT2D eigenvalue weighted by atomic mass is 16.5. The zero-order chi connectivity index (χ0) is 22.6. The first-order valence-electron chi connectivity index (χ1n) is 10.6. The van der Waals surface area contributed by atoms with Gasteiger partial charge in [-0.2, -0.15) is 0 Å². The van der Waals surface area contributed by atoms with Crippen molar-refractivity contribution in [2.45, 2.75) is 0 Å². The Labute approximate surface area is 191 Å². The Balaban J connectivity index is 1.29. The standard InChI is InChI=1S/C23H24N8O2/c1-32-20-11-18-19(12-21(20)33-2)27-15-28-22(18)30-7-9-31(10-8-30)23-25-13-17(14-26-23)29-16-3-5-24-6-4-16/h3-6,11-15H,7-10H2,1-2H3,(H,24,29). The molecule has 0 spiro atoms. The van der Waals surface area contributed by atoms with Crippen LogP contribution in [0.15, 0.2) is 55.4 Å². The topological polar surface area (TPSA) is 101 Å². The molecule has 1 aliphatic heterocycles. The Morgan fingerprint density at radius 1 is 0.788 bits per heavy atom. The van der Waals surface area contributed by atoms with Gasteiger partial charge in [-0.05, 0) is 18.2 Å². The van der Waals surface area contributed by atoms with Crippen LogP contribution in [0.4, 0.5) is 23.1 Å². The third-order valence-electron chi connectivity index (χ3n) is 5.59. The van der Waals surface area contributed by atoms with E-state index in [4.69, 9.17) is 9.47 Å². The summed E-state index contributed by atoms with van der Waals surface area (Å²) in [4.78, 5) is 26.5. The number of rotatable bonds is 6. The highest BCUT2D eigenvalue weighted by Gasteiger charge is 2.22. The fraction of sp³-hybridized carbons (Fsp3) is 0.261. The van der Waals surface area contributed by atoms with E-state index in [0.717, 1.165) is 54.3 Å². The van der Waals surface area contributed by atoms with Gasteiger partial charge in [-0.25, -0.2) is 19.9 Å². The molecule has 0 aliphatic carbocycles. The summed E-state index contributed by atoms with van der Waals surface area (Å²) in [5, 5.41) is 4.21. The quantitative estimate of drug-likeness (QED) is 0.478. The molecule has 0 saturated carbocycles. The van der Waals surface area contributed by atoms with Crippen molar-refractivity contribution >= 4 is 34.0 Å². The predicted octanol–water partition coefficient (Wildman–Crippen LogP) is 2.90. The number of ether oxygens (including phenoxy) is 2. The summed E-state index contributed by atoms with van der Waals surface area (Å²) in [7, 11) is 3.25. The summed E-state index contributed by atoms with van der Waals surface area (Å²) >= 11 is 0. The molecule has 0 radical (unpaired) electrons. The van der Waals surface area contributed by atoms with E-state index in [2.05, 4.69) is 40.0 Å². The van der Waals surface area contributed by atoms with E-state index in [0.29, 0.717) is 17.4 Å². The zero-order valence-corrected chi connectivity index (χ0v) is 18.5. The molecule has 1 aromatic carbocycles. The largest absolute Gasteiger partial charge is 0.493 e. The van der Waals surface area contributed by atoms with E-state index in [1.165, 1.54) is 0 Å². The minimum atomic E-state index is 0.651. The first-order valence-corrected chi connectivity index (χ1v) is 10.6. The van der Waals surface area contributed by atoms with Crippen molar-refractivity contribution in [2.24, 2.45) is 0 Å². The molecule has 0 unspecified atom stereocenters. The van der Waals surface area contributed by atoms with Crippen LogP contribution >= 0.6 is 0 Å². The van der Waals surface area contributed by atoms with Crippen LogP contribution in [0.5, 0.6) is 11.5 Å². The number of anilines is 4. The molecule has 0 atom stereocenters.